The SMILES string of the molecule is CN(CCCNC(=O)CCc1nc2cc(S(=O)(=O)N3CCOCC3)ccc2n1C)c1ccccc1. The molecule has 2 aromatic carbocycles. The average Bonchev–Trinajstić information content (AvgIpc) is 3.21. The molecule has 9 nitrogen and oxygen atoms in total. The second-order valence-electron chi connectivity index (χ2n) is 8.71. The van der Waals surface area contributed by atoms with Crippen LogP contribution in [0.15, 0.2) is 53.4 Å². The first-order chi connectivity index (χ1) is 16.9. The van der Waals surface area contributed by atoms with E-state index in [0.717, 1.165) is 30.0 Å². The van der Waals surface area contributed by atoms with Gasteiger partial charge in [0.25, 0.3) is 0 Å². The Bertz CT molecular complexity index is 1250. The smallest absolute Gasteiger partial charge is 0.243 e. The normalized spacial score (nSPS) is 14.8. The molecule has 1 aromatic heterocycles. The fourth-order valence-electron chi connectivity index (χ4n) is 4.22. The zero-order chi connectivity index (χ0) is 24.8. The highest BCUT2D eigenvalue weighted by Crippen LogP contribution is 2.23. The summed E-state index contributed by atoms with van der Waals surface area (Å²) in [4.78, 5) is 19.4. The molecule has 0 atom stereocenters. The molecule has 2 heterocycles. The van der Waals surface area contributed by atoms with E-state index in [9.17, 15) is 13.2 Å². The lowest BCUT2D eigenvalue weighted by Crippen LogP contribution is -2.40. The Morgan fingerprint density at radius 3 is 2.63 bits per heavy atom. The quantitative estimate of drug-likeness (QED) is 0.430. The minimum absolute atomic E-state index is 0.0185. The number of nitrogens with zero attached hydrogens (tertiary/aromatic N) is 4. The zero-order valence-electron chi connectivity index (χ0n) is 20.3. The number of rotatable bonds is 10. The standard InChI is InChI=1S/C25H33N5O4S/c1-28(20-7-4-3-5-8-20)14-6-13-26-25(31)12-11-24-27-22-19-21(9-10-23(22)29(24)2)35(32,33)30-15-17-34-18-16-30/h3-5,7-10,19H,6,11-18H2,1-2H3,(H,26,31). The fraction of sp³-hybridized carbons (Fsp3) is 0.440. The van der Waals surface area contributed by atoms with E-state index in [4.69, 9.17) is 4.74 Å². The van der Waals surface area contributed by atoms with E-state index in [1.165, 1.54) is 4.31 Å². The van der Waals surface area contributed by atoms with Crippen molar-refractivity contribution in [2.24, 2.45) is 7.05 Å². The summed E-state index contributed by atoms with van der Waals surface area (Å²) in [5, 5.41) is 2.98. The third-order valence-electron chi connectivity index (χ3n) is 6.32. The predicted molar refractivity (Wildman–Crippen MR) is 136 cm³/mol. The van der Waals surface area contributed by atoms with Gasteiger partial charge in [0.1, 0.15) is 5.82 Å². The molecule has 188 valence electrons. The number of hydrogen-bond acceptors (Lipinski definition) is 6. The van der Waals surface area contributed by atoms with Gasteiger partial charge in [0, 0.05) is 58.8 Å². The van der Waals surface area contributed by atoms with Crippen molar-refractivity contribution in [3.63, 3.8) is 0 Å². The fourth-order valence-corrected chi connectivity index (χ4v) is 5.65. The number of nitrogens with one attached hydrogen (secondary N) is 1. The number of benzene rings is 2. The number of morpholine rings is 1. The summed E-state index contributed by atoms with van der Waals surface area (Å²) in [5.74, 6) is 0.731. The molecule has 0 spiro atoms. The van der Waals surface area contributed by atoms with Gasteiger partial charge in [0.2, 0.25) is 15.9 Å². The van der Waals surface area contributed by atoms with E-state index in [0.29, 0.717) is 51.2 Å². The molecule has 1 aliphatic rings. The van der Waals surface area contributed by atoms with Crippen LogP contribution in [0.2, 0.25) is 0 Å². The molecule has 0 aliphatic carbocycles. The number of ether oxygens (including phenoxy) is 1. The maximum atomic E-state index is 13.0. The van der Waals surface area contributed by atoms with Gasteiger partial charge in [-0.05, 0) is 36.8 Å². The molecule has 0 saturated carbocycles. The lowest BCUT2D eigenvalue weighted by molar-refractivity contribution is -0.121. The minimum atomic E-state index is -3.58. The largest absolute Gasteiger partial charge is 0.379 e. The molecule has 35 heavy (non-hydrogen) atoms. The van der Waals surface area contributed by atoms with Crippen molar-refractivity contribution in [3.8, 4) is 0 Å². The molecule has 0 bridgehead atoms. The summed E-state index contributed by atoms with van der Waals surface area (Å²) in [7, 11) is 0.346. The molecule has 1 amide bonds. The highest BCUT2D eigenvalue weighted by molar-refractivity contribution is 7.89. The Morgan fingerprint density at radius 1 is 1.14 bits per heavy atom. The molecular weight excluding hydrogens is 466 g/mol. The second-order valence-corrected chi connectivity index (χ2v) is 10.7. The Hall–Kier alpha value is -2.95. The maximum absolute atomic E-state index is 13.0. The number of carbonyl (C=O) groups excluding carboxylic acids is 1. The van der Waals surface area contributed by atoms with Crippen molar-refractivity contribution in [2.75, 3.05) is 51.3 Å². The lowest BCUT2D eigenvalue weighted by Gasteiger charge is -2.26. The van der Waals surface area contributed by atoms with Gasteiger partial charge >= 0.3 is 0 Å². The van der Waals surface area contributed by atoms with Crippen molar-refractivity contribution in [3.05, 3.63) is 54.4 Å². The highest BCUT2D eigenvalue weighted by Gasteiger charge is 2.27. The van der Waals surface area contributed by atoms with Gasteiger partial charge in [-0.1, -0.05) is 18.2 Å². The van der Waals surface area contributed by atoms with Crippen LogP contribution >= 0.6 is 0 Å². The summed E-state index contributed by atoms with van der Waals surface area (Å²) in [6.07, 6.45) is 1.65. The Labute approximate surface area is 206 Å². The number of amides is 1. The van der Waals surface area contributed by atoms with Crippen LogP contribution in [0, 0.1) is 0 Å². The minimum Gasteiger partial charge on any atom is -0.379 e. The molecule has 10 heteroatoms. The first-order valence-corrected chi connectivity index (χ1v) is 13.4. The Balaban J connectivity index is 1.30. The number of anilines is 1. The van der Waals surface area contributed by atoms with Gasteiger partial charge in [-0.2, -0.15) is 4.31 Å². The lowest BCUT2D eigenvalue weighted by atomic mass is 10.2. The molecule has 0 unspecified atom stereocenters. The van der Waals surface area contributed by atoms with Gasteiger partial charge in [-0.3, -0.25) is 4.79 Å². The summed E-state index contributed by atoms with van der Waals surface area (Å²) in [6, 6.07) is 15.2. The van der Waals surface area contributed by atoms with Crippen LogP contribution in [0.1, 0.15) is 18.7 Å². The predicted octanol–water partition coefficient (Wildman–Crippen LogP) is 2.17. The number of para-hydroxylation sites is 1. The van der Waals surface area contributed by atoms with Crippen LogP contribution in [0.3, 0.4) is 0 Å². The van der Waals surface area contributed by atoms with Gasteiger partial charge in [-0.15, -0.1) is 0 Å². The molecule has 1 fully saturated rings. The number of hydrogen-bond donors (Lipinski definition) is 1. The third-order valence-corrected chi connectivity index (χ3v) is 8.21. The molecule has 1 N–H and O–H groups in total. The van der Waals surface area contributed by atoms with Crippen LogP contribution in [-0.2, 0) is 33.0 Å². The van der Waals surface area contributed by atoms with E-state index in [1.54, 1.807) is 18.2 Å². The van der Waals surface area contributed by atoms with E-state index < -0.39 is 10.0 Å². The van der Waals surface area contributed by atoms with E-state index in [1.807, 2.05) is 36.9 Å². The van der Waals surface area contributed by atoms with Gasteiger partial charge in [-0.25, -0.2) is 13.4 Å². The first-order valence-electron chi connectivity index (χ1n) is 11.9. The van der Waals surface area contributed by atoms with Crippen LogP contribution in [-0.4, -0.2) is 74.6 Å². The highest BCUT2D eigenvalue weighted by atomic mass is 32.2. The number of aromatic nitrogens is 2. The van der Waals surface area contributed by atoms with Crippen molar-refractivity contribution < 1.29 is 17.9 Å². The van der Waals surface area contributed by atoms with Crippen molar-refractivity contribution in [2.45, 2.75) is 24.2 Å². The van der Waals surface area contributed by atoms with E-state index >= 15 is 0 Å². The van der Waals surface area contributed by atoms with Gasteiger partial charge < -0.3 is 19.5 Å². The number of imidazole rings is 1. The topological polar surface area (TPSA) is 96.8 Å². The Kier molecular flexibility index (Phi) is 8.04. The maximum Gasteiger partial charge on any atom is 0.243 e. The molecule has 3 aromatic rings. The molecule has 0 radical (unpaired) electrons. The molecule has 4 rings (SSSR count). The van der Waals surface area contributed by atoms with Gasteiger partial charge in [0.05, 0.1) is 29.1 Å². The van der Waals surface area contributed by atoms with E-state index in [2.05, 4.69) is 27.3 Å². The van der Waals surface area contributed by atoms with Crippen LogP contribution in [0.4, 0.5) is 5.69 Å². The number of sulfonamides is 1. The molecule has 1 aliphatic heterocycles. The van der Waals surface area contributed by atoms with Crippen molar-refractivity contribution in [1.82, 2.24) is 19.2 Å². The number of carbonyl (C=O) groups is 1. The molecule has 1 saturated heterocycles. The average molecular weight is 500 g/mol. The van der Waals surface area contributed by atoms with Crippen LogP contribution in [0.25, 0.3) is 11.0 Å². The second kappa shape index (κ2) is 11.2. The van der Waals surface area contributed by atoms with Crippen molar-refractivity contribution in [1.29, 1.82) is 0 Å². The van der Waals surface area contributed by atoms with Crippen LogP contribution in [0.5, 0.6) is 0 Å². The first kappa shape index (κ1) is 25.2. The number of aryl methyl sites for hydroxylation is 2. The van der Waals surface area contributed by atoms with Gasteiger partial charge in [0.15, 0.2) is 0 Å². The molecular formula is C25H33N5O4S. The monoisotopic (exact) mass is 499 g/mol. The zero-order valence-corrected chi connectivity index (χ0v) is 21.1. The summed E-state index contributed by atoms with van der Waals surface area (Å²) < 4.78 is 34.6. The summed E-state index contributed by atoms with van der Waals surface area (Å²) in [5.41, 5.74) is 2.60. The van der Waals surface area contributed by atoms with Crippen LogP contribution < -0.4 is 10.2 Å². The summed E-state index contributed by atoms with van der Waals surface area (Å²) >= 11 is 0. The van der Waals surface area contributed by atoms with Crippen molar-refractivity contribution >= 4 is 32.7 Å². The number of fused-ring (bicyclic) bond motifs is 1. The summed E-state index contributed by atoms with van der Waals surface area (Å²) in [6.45, 7) is 2.98. The third kappa shape index (κ3) is 6.01. The van der Waals surface area contributed by atoms with E-state index in [-0.39, 0.29) is 10.8 Å². The Morgan fingerprint density at radius 2 is 1.89 bits per heavy atom.